The van der Waals surface area contributed by atoms with Gasteiger partial charge in [-0.2, -0.15) is 0 Å². The maximum atomic E-state index is 11.8. The Bertz CT molecular complexity index is 597. The van der Waals surface area contributed by atoms with Crippen LogP contribution in [-0.4, -0.2) is 47.1 Å². The third kappa shape index (κ3) is 3.96. The molecule has 1 N–H and O–H groups in total. The van der Waals surface area contributed by atoms with Crippen molar-refractivity contribution in [3.63, 3.8) is 0 Å². The van der Waals surface area contributed by atoms with Gasteiger partial charge in [0.25, 0.3) is 0 Å². The van der Waals surface area contributed by atoms with Gasteiger partial charge in [0, 0.05) is 50.1 Å². The van der Waals surface area contributed by atoms with Gasteiger partial charge in [0.2, 0.25) is 0 Å². The van der Waals surface area contributed by atoms with Crippen LogP contribution in [0.15, 0.2) is 23.1 Å². The number of sulfone groups is 1. The van der Waals surface area contributed by atoms with E-state index < -0.39 is 9.84 Å². The van der Waals surface area contributed by atoms with Crippen molar-refractivity contribution < 1.29 is 17.9 Å². The van der Waals surface area contributed by atoms with E-state index in [1.165, 1.54) is 6.26 Å². The molecule has 0 aliphatic carbocycles. The molecule has 0 saturated carbocycles. The van der Waals surface area contributed by atoms with Crippen LogP contribution in [0.5, 0.6) is 0 Å². The van der Waals surface area contributed by atoms with E-state index >= 15 is 0 Å². The summed E-state index contributed by atoms with van der Waals surface area (Å²) in [6.45, 7) is 2.17. The van der Waals surface area contributed by atoms with Crippen molar-refractivity contribution in [2.75, 3.05) is 33.1 Å². The van der Waals surface area contributed by atoms with E-state index in [0.29, 0.717) is 36.9 Å². The number of rotatable bonds is 6. The van der Waals surface area contributed by atoms with Crippen molar-refractivity contribution in [3.05, 3.63) is 28.8 Å². The van der Waals surface area contributed by atoms with Gasteiger partial charge in [-0.25, -0.2) is 8.42 Å². The molecule has 118 valence electrons. The molecule has 1 heterocycles. The lowest BCUT2D eigenvalue weighted by atomic mass is 10.0. The number of hydrogen-bond donors (Lipinski definition) is 1. The van der Waals surface area contributed by atoms with Crippen molar-refractivity contribution in [1.82, 2.24) is 5.32 Å². The first-order valence-electron chi connectivity index (χ1n) is 6.69. The molecule has 1 aromatic rings. The molecule has 2 rings (SSSR count). The zero-order chi connectivity index (χ0) is 15.5. The summed E-state index contributed by atoms with van der Waals surface area (Å²) in [4.78, 5) is 0.261. The van der Waals surface area contributed by atoms with Crippen molar-refractivity contribution in [2.45, 2.75) is 23.5 Å². The quantitative estimate of drug-likeness (QED) is 0.857. The van der Waals surface area contributed by atoms with Gasteiger partial charge in [-0.1, -0.05) is 17.7 Å². The SMILES string of the molecule is COC1(CNCc2c(Cl)cccc2S(C)(=O)=O)CCOC1. The molecule has 0 bridgehead atoms. The first-order valence-corrected chi connectivity index (χ1v) is 8.96. The number of nitrogens with one attached hydrogen (secondary N) is 1. The summed E-state index contributed by atoms with van der Waals surface area (Å²) in [5, 5.41) is 3.68. The predicted molar refractivity (Wildman–Crippen MR) is 81.4 cm³/mol. The Labute approximate surface area is 130 Å². The Kier molecular flexibility index (Phi) is 5.27. The molecular weight excluding hydrogens is 314 g/mol. The Hall–Kier alpha value is -0.660. The Morgan fingerprint density at radius 3 is 2.81 bits per heavy atom. The standard InChI is InChI=1S/C14H20ClNO4S/c1-19-14(6-7-20-10-14)9-16-8-11-12(15)4-3-5-13(11)21(2,17)18/h3-5,16H,6-10H2,1-2H3. The van der Waals surface area contributed by atoms with Crippen LogP contribution in [0.1, 0.15) is 12.0 Å². The van der Waals surface area contributed by atoms with Crippen LogP contribution < -0.4 is 5.32 Å². The van der Waals surface area contributed by atoms with Gasteiger partial charge in [0.1, 0.15) is 5.60 Å². The molecular formula is C14H20ClNO4S. The van der Waals surface area contributed by atoms with Crippen LogP contribution in [-0.2, 0) is 25.9 Å². The zero-order valence-electron chi connectivity index (χ0n) is 12.2. The van der Waals surface area contributed by atoms with E-state index in [1.54, 1.807) is 25.3 Å². The molecule has 1 saturated heterocycles. The second-order valence-electron chi connectivity index (χ2n) is 5.28. The lowest BCUT2D eigenvalue weighted by Crippen LogP contribution is -2.42. The molecule has 1 unspecified atom stereocenters. The van der Waals surface area contributed by atoms with Gasteiger partial charge in [-0.05, 0) is 12.1 Å². The summed E-state index contributed by atoms with van der Waals surface area (Å²) in [5.41, 5.74) is 0.249. The molecule has 1 aromatic carbocycles. The molecule has 5 nitrogen and oxygen atoms in total. The average molecular weight is 334 g/mol. The fraction of sp³-hybridized carbons (Fsp3) is 0.571. The predicted octanol–water partition coefficient (Wildman–Crippen LogP) is 1.64. The Morgan fingerprint density at radius 1 is 1.48 bits per heavy atom. The highest BCUT2D eigenvalue weighted by Crippen LogP contribution is 2.25. The maximum Gasteiger partial charge on any atom is 0.175 e. The minimum absolute atomic E-state index is 0.261. The normalized spacial score (nSPS) is 22.6. The summed E-state index contributed by atoms with van der Waals surface area (Å²) in [6, 6.07) is 4.91. The summed E-state index contributed by atoms with van der Waals surface area (Å²) in [7, 11) is -1.65. The topological polar surface area (TPSA) is 64.6 Å². The first-order chi connectivity index (χ1) is 9.88. The van der Waals surface area contributed by atoms with E-state index in [0.717, 1.165) is 6.42 Å². The zero-order valence-corrected chi connectivity index (χ0v) is 13.8. The maximum absolute atomic E-state index is 11.8. The second-order valence-corrected chi connectivity index (χ2v) is 7.67. The molecule has 0 aromatic heterocycles. The van der Waals surface area contributed by atoms with Crippen LogP contribution in [0.2, 0.25) is 5.02 Å². The molecule has 1 atom stereocenters. The highest BCUT2D eigenvalue weighted by molar-refractivity contribution is 7.90. The molecule has 0 radical (unpaired) electrons. The number of methoxy groups -OCH3 is 1. The Balaban J connectivity index is 2.10. The lowest BCUT2D eigenvalue weighted by molar-refractivity contribution is -0.0159. The minimum atomic E-state index is -3.31. The third-order valence-corrected chi connectivity index (χ3v) is 5.26. The largest absolute Gasteiger partial charge is 0.378 e. The fourth-order valence-corrected chi connectivity index (χ4v) is 3.69. The monoisotopic (exact) mass is 333 g/mol. The highest BCUT2D eigenvalue weighted by Gasteiger charge is 2.34. The number of hydrogen-bond acceptors (Lipinski definition) is 5. The highest BCUT2D eigenvalue weighted by atomic mass is 35.5. The molecule has 21 heavy (non-hydrogen) atoms. The van der Waals surface area contributed by atoms with Gasteiger partial charge in [-0.3, -0.25) is 0 Å². The van der Waals surface area contributed by atoms with Crippen LogP contribution in [0, 0.1) is 0 Å². The van der Waals surface area contributed by atoms with Crippen molar-refractivity contribution in [3.8, 4) is 0 Å². The van der Waals surface area contributed by atoms with E-state index in [9.17, 15) is 8.42 Å². The van der Waals surface area contributed by atoms with E-state index in [-0.39, 0.29) is 10.5 Å². The van der Waals surface area contributed by atoms with Crippen molar-refractivity contribution in [1.29, 1.82) is 0 Å². The molecule has 1 fully saturated rings. The Morgan fingerprint density at radius 2 is 2.24 bits per heavy atom. The molecule has 0 spiro atoms. The van der Waals surface area contributed by atoms with E-state index in [2.05, 4.69) is 5.32 Å². The molecule has 7 heteroatoms. The fourth-order valence-electron chi connectivity index (χ4n) is 2.43. The van der Waals surface area contributed by atoms with Gasteiger partial charge in [0.05, 0.1) is 11.5 Å². The van der Waals surface area contributed by atoms with Gasteiger partial charge in [-0.15, -0.1) is 0 Å². The van der Waals surface area contributed by atoms with E-state index in [1.807, 2.05) is 0 Å². The number of halogens is 1. The summed E-state index contributed by atoms with van der Waals surface area (Å²) < 4.78 is 34.5. The molecule has 1 aliphatic rings. The van der Waals surface area contributed by atoms with E-state index in [4.69, 9.17) is 21.1 Å². The smallest absolute Gasteiger partial charge is 0.175 e. The van der Waals surface area contributed by atoms with Crippen LogP contribution in [0.25, 0.3) is 0 Å². The van der Waals surface area contributed by atoms with Crippen LogP contribution >= 0.6 is 11.6 Å². The molecule has 0 amide bonds. The van der Waals surface area contributed by atoms with Gasteiger partial charge >= 0.3 is 0 Å². The van der Waals surface area contributed by atoms with Crippen LogP contribution in [0.3, 0.4) is 0 Å². The number of ether oxygens (including phenoxy) is 2. The summed E-state index contributed by atoms with van der Waals surface area (Å²) in [5.74, 6) is 0. The summed E-state index contributed by atoms with van der Waals surface area (Å²) in [6.07, 6.45) is 2.00. The van der Waals surface area contributed by atoms with Crippen molar-refractivity contribution in [2.24, 2.45) is 0 Å². The van der Waals surface area contributed by atoms with Gasteiger partial charge in [0.15, 0.2) is 9.84 Å². The average Bonchev–Trinajstić information content (AvgIpc) is 2.89. The lowest BCUT2D eigenvalue weighted by Gasteiger charge is -2.26. The number of benzene rings is 1. The first kappa shape index (κ1) is 16.7. The summed E-state index contributed by atoms with van der Waals surface area (Å²) >= 11 is 6.14. The van der Waals surface area contributed by atoms with Crippen LogP contribution in [0.4, 0.5) is 0 Å². The third-order valence-electron chi connectivity index (χ3n) is 3.72. The second kappa shape index (κ2) is 6.62. The van der Waals surface area contributed by atoms with Gasteiger partial charge < -0.3 is 14.8 Å². The minimum Gasteiger partial charge on any atom is -0.378 e. The molecule has 1 aliphatic heterocycles. The van der Waals surface area contributed by atoms with Crippen molar-refractivity contribution >= 4 is 21.4 Å².